The van der Waals surface area contributed by atoms with E-state index >= 15 is 0 Å². The van der Waals surface area contributed by atoms with Crippen LogP contribution < -0.4 is 4.90 Å². The molecule has 1 heterocycles. The van der Waals surface area contributed by atoms with E-state index in [0.29, 0.717) is 5.75 Å². The SMILES string of the molecule is CCN1CC(CC)(CC)c2c(O)cccc21. The molecule has 2 rings (SSSR count). The average Bonchev–Trinajstić information content (AvgIpc) is 2.65. The Kier molecular flexibility index (Phi) is 2.83. The summed E-state index contributed by atoms with van der Waals surface area (Å²) in [6.45, 7) is 8.68. The minimum Gasteiger partial charge on any atom is -0.508 e. The fraction of sp³-hybridized carbons (Fsp3) is 0.571. The van der Waals surface area contributed by atoms with Crippen molar-refractivity contribution in [3.63, 3.8) is 0 Å². The Morgan fingerprint density at radius 2 is 1.94 bits per heavy atom. The van der Waals surface area contributed by atoms with Gasteiger partial charge in [0.25, 0.3) is 0 Å². The Morgan fingerprint density at radius 1 is 1.25 bits per heavy atom. The highest BCUT2D eigenvalue weighted by molar-refractivity contribution is 5.67. The predicted octanol–water partition coefficient (Wildman–Crippen LogP) is 3.29. The Morgan fingerprint density at radius 3 is 2.50 bits per heavy atom. The summed E-state index contributed by atoms with van der Waals surface area (Å²) in [4.78, 5) is 2.38. The molecule has 0 fully saturated rings. The molecule has 0 amide bonds. The average molecular weight is 219 g/mol. The first-order valence-corrected chi connectivity index (χ1v) is 6.26. The van der Waals surface area contributed by atoms with Gasteiger partial charge in [-0.05, 0) is 31.9 Å². The van der Waals surface area contributed by atoms with Crippen LogP contribution in [0.4, 0.5) is 5.69 Å². The molecule has 2 heteroatoms. The van der Waals surface area contributed by atoms with Gasteiger partial charge in [-0.3, -0.25) is 0 Å². The standard InChI is InChI=1S/C14H21NO/c1-4-14(5-2)10-15(6-3)11-8-7-9-12(16)13(11)14/h7-9,16H,4-6,10H2,1-3H3. The maximum absolute atomic E-state index is 10.1. The van der Waals surface area contributed by atoms with Gasteiger partial charge >= 0.3 is 0 Å². The number of phenolic OH excluding ortho intramolecular Hbond substituents is 1. The van der Waals surface area contributed by atoms with Crippen LogP contribution in [-0.4, -0.2) is 18.2 Å². The molecular formula is C14H21NO. The fourth-order valence-electron chi connectivity index (χ4n) is 2.97. The van der Waals surface area contributed by atoms with Crippen molar-refractivity contribution in [3.05, 3.63) is 23.8 Å². The summed E-state index contributed by atoms with van der Waals surface area (Å²) >= 11 is 0. The van der Waals surface area contributed by atoms with Crippen molar-refractivity contribution in [2.45, 2.75) is 39.0 Å². The second kappa shape index (κ2) is 4.00. The van der Waals surface area contributed by atoms with Crippen molar-refractivity contribution in [1.82, 2.24) is 0 Å². The van der Waals surface area contributed by atoms with Crippen LogP contribution in [0, 0.1) is 0 Å². The molecule has 2 nitrogen and oxygen atoms in total. The second-order valence-electron chi connectivity index (χ2n) is 4.67. The molecule has 1 N–H and O–H groups in total. The van der Waals surface area contributed by atoms with Crippen molar-refractivity contribution in [2.75, 3.05) is 18.0 Å². The van der Waals surface area contributed by atoms with E-state index in [1.54, 1.807) is 0 Å². The normalized spacial score (nSPS) is 17.6. The van der Waals surface area contributed by atoms with Crippen LogP contribution in [0.15, 0.2) is 18.2 Å². The molecule has 1 aliphatic rings. The summed E-state index contributed by atoms with van der Waals surface area (Å²) in [6.07, 6.45) is 2.18. The zero-order chi connectivity index (χ0) is 11.8. The highest BCUT2D eigenvalue weighted by atomic mass is 16.3. The Labute approximate surface area is 97.9 Å². The van der Waals surface area contributed by atoms with E-state index in [1.807, 2.05) is 12.1 Å². The molecule has 0 spiro atoms. The Bertz CT molecular complexity index is 382. The van der Waals surface area contributed by atoms with E-state index < -0.39 is 0 Å². The highest BCUT2D eigenvalue weighted by Crippen LogP contribution is 2.48. The monoisotopic (exact) mass is 219 g/mol. The lowest BCUT2D eigenvalue weighted by molar-refractivity contribution is 0.392. The zero-order valence-corrected chi connectivity index (χ0v) is 10.5. The number of anilines is 1. The van der Waals surface area contributed by atoms with E-state index in [-0.39, 0.29) is 5.41 Å². The molecule has 0 radical (unpaired) electrons. The second-order valence-corrected chi connectivity index (χ2v) is 4.67. The third kappa shape index (κ3) is 1.40. The molecule has 1 aromatic carbocycles. The van der Waals surface area contributed by atoms with Crippen molar-refractivity contribution in [3.8, 4) is 5.75 Å². The van der Waals surface area contributed by atoms with E-state index in [2.05, 4.69) is 31.7 Å². The van der Waals surface area contributed by atoms with E-state index in [1.165, 1.54) is 11.3 Å². The smallest absolute Gasteiger partial charge is 0.121 e. The topological polar surface area (TPSA) is 23.5 Å². The lowest BCUT2D eigenvalue weighted by atomic mass is 9.77. The molecule has 0 saturated carbocycles. The fourth-order valence-corrected chi connectivity index (χ4v) is 2.97. The summed E-state index contributed by atoms with van der Waals surface area (Å²) in [5.74, 6) is 0.470. The number of hydrogen-bond donors (Lipinski definition) is 1. The third-order valence-corrected chi connectivity index (χ3v) is 4.12. The first-order valence-electron chi connectivity index (χ1n) is 6.26. The first kappa shape index (κ1) is 11.3. The molecule has 0 bridgehead atoms. The van der Waals surface area contributed by atoms with Gasteiger partial charge in [-0.1, -0.05) is 19.9 Å². The molecule has 16 heavy (non-hydrogen) atoms. The summed E-state index contributed by atoms with van der Waals surface area (Å²) in [5, 5.41) is 10.1. The van der Waals surface area contributed by atoms with Gasteiger partial charge in [-0.2, -0.15) is 0 Å². The molecule has 0 atom stereocenters. The number of hydrogen-bond acceptors (Lipinski definition) is 2. The quantitative estimate of drug-likeness (QED) is 0.843. The minimum atomic E-state index is 0.149. The summed E-state index contributed by atoms with van der Waals surface area (Å²) < 4.78 is 0. The van der Waals surface area contributed by atoms with Crippen molar-refractivity contribution < 1.29 is 5.11 Å². The zero-order valence-electron chi connectivity index (χ0n) is 10.5. The highest BCUT2D eigenvalue weighted by Gasteiger charge is 2.41. The van der Waals surface area contributed by atoms with Crippen molar-refractivity contribution in [2.24, 2.45) is 0 Å². The molecule has 0 aliphatic carbocycles. The Balaban J connectivity index is 2.59. The van der Waals surface area contributed by atoms with Gasteiger partial charge in [-0.15, -0.1) is 0 Å². The van der Waals surface area contributed by atoms with Gasteiger partial charge in [0.1, 0.15) is 5.75 Å². The van der Waals surface area contributed by atoms with Crippen LogP contribution in [0.5, 0.6) is 5.75 Å². The molecule has 1 aliphatic heterocycles. The maximum Gasteiger partial charge on any atom is 0.121 e. The lowest BCUT2D eigenvalue weighted by Crippen LogP contribution is -2.32. The van der Waals surface area contributed by atoms with Gasteiger partial charge in [0.05, 0.1) is 0 Å². The summed E-state index contributed by atoms with van der Waals surface area (Å²) in [6, 6.07) is 5.89. The van der Waals surface area contributed by atoms with Crippen molar-refractivity contribution >= 4 is 5.69 Å². The van der Waals surface area contributed by atoms with Gasteiger partial charge < -0.3 is 10.0 Å². The minimum absolute atomic E-state index is 0.149. The van der Waals surface area contributed by atoms with Gasteiger partial charge in [-0.25, -0.2) is 0 Å². The van der Waals surface area contributed by atoms with Gasteiger partial charge in [0.15, 0.2) is 0 Å². The molecular weight excluding hydrogens is 198 g/mol. The van der Waals surface area contributed by atoms with Crippen LogP contribution in [0.1, 0.15) is 39.2 Å². The number of aromatic hydroxyl groups is 1. The van der Waals surface area contributed by atoms with E-state index in [4.69, 9.17) is 0 Å². The summed E-state index contributed by atoms with van der Waals surface area (Å²) in [5.41, 5.74) is 2.55. The van der Waals surface area contributed by atoms with Crippen LogP contribution in [0.3, 0.4) is 0 Å². The number of phenols is 1. The molecule has 1 aromatic rings. The van der Waals surface area contributed by atoms with E-state index in [9.17, 15) is 5.11 Å². The number of benzene rings is 1. The predicted molar refractivity (Wildman–Crippen MR) is 68.3 cm³/mol. The lowest BCUT2D eigenvalue weighted by Gasteiger charge is -2.28. The third-order valence-electron chi connectivity index (χ3n) is 4.12. The molecule has 0 aromatic heterocycles. The van der Waals surface area contributed by atoms with Crippen LogP contribution in [-0.2, 0) is 5.41 Å². The molecule has 0 unspecified atom stereocenters. The number of rotatable bonds is 3. The van der Waals surface area contributed by atoms with Crippen LogP contribution >= 0.6 is 0 Å². The number of fused-ring (bicyclic) bond motifs is 1. The van der Waals surface area contributed by atoms with Crippen molar-refractivity contribution in [1.29, 1.82) is 0 Å². The first-order chi connectivity index (χ1) is 7.68. The molecule has 0 saturated heterocycles. The largest absolute Gasteiger partial charge is 0.508 e. The number of likely N-dealkylation sites (N-methyl/N-ethyl adjacent to an activating group) is 1. The van der Waals surface area contributed by atoms with Gasteiger partial charge in [0.2, 0.25) is 0 Å². The van der Waals surface area contributed by atoms with Crippen LogP contribution in [0.25, 0.3) is 0 Å². The molecule has 88 valence electrons. The van der Waals surface area contributed by atoms with Crippen LogP contribution in [0.2, 0.25) is 0 Å². The van der Waals surface area contributed by atoms with Gasteiger partial charge in [0, 0.05) is 29.8 Å². The maximum atomic E-state index is 10.1. The summed E-state index contributed by atoms with van der Waals surface area (Å²) in [7, 11) is 0. The van der Waals surface area contributed by atoms with E-state index in [0.717, 1.165) is 25.9 Å². The Hall–Kier alpha value is -1.18. The number of nitrogens with zero attached hydrogens (tertiary/aromatic N) is 1.